The monoisotopic (exact) mass is 528 g/mol. The second-order valence-corrected chi connectivity index (χ2v) is 13.2. The van der Waals surface area contributed by atoms with Crippen LogP contribution < -0.4 is 0 Å². The third kappa shape index (κ3) is 3.23. The summed E-state index contributed by atoms with van der Waals surface area (Å²) in [5, 5.41) is 22.6. The molecule has 4 fully saturated rings. The Balaban J connectivity index is 1.37. The lowest BCUT2D eigenvalue weighted by Crippen LogP contribution is -2.64. The summed E-state index contributed by atoms with van der Waals surface area (Å²) >= 11 is 0. The van der Waals surface area contributed by atoms with Crippen LogP contribution >= 0.6 is 0 Å². The van der Waals surface area contributed by atoms with Gasteiger partial charge in [0, 0.05) is 30.3 Å². The second kappa shape index (κ2) is 8.48. The van der Waals surface area contributed by atoms with Gasteiger partial charge in [-0.1, -0.05) is 12.5 Å². The number of carbonyl (C=O) groups excluding carboxylic acids is 3. The number of carbonyl (C=O) groups is 3. The maximum atomic E-state index is 13.5. The molecular weight excluding hydrogens is 488 g/mol. The van der Waals surface area contributed by atoms with Crippen molar-refractivity contribution < 1.29 is 38.8 Å². The van der Waals surface area contributed by atoms with Gasteiger partial charge in [0.25, 0.3) is 0 Å². The predicted molar refractivity (Wildman–Crippen MR) is 135 cm³/mol. The smallest absolute Gasteiger partial charge is 0.333 e. The number of aliphatic hydroxyl groups is 2. The van der Waals surface area contributed by atoms with E-state index in [0.717, 1.165) is 5.57 Å². The van der Waals surface area contributed by atoms with Gasteiger partial charge in [0.2, 0.25) is 0 Å². The number of hydrogen-bond donors (Lipinski definition) is 2. The van der Waals surface area contributed by atoms with E-state index in [1.54, 1.807) is 13.0 Å². The van der Waals surface area contributed by atoms with E-state index in [4.69, 9.17) is 14.2 Å². The Morgan fingerprint density at radius 3 is 2.63 bits per heavy atom. The van der Waals surface area contributed by atoms with Gasteiger partial charge < -0.3 is 24.4 Å². The minimum absolute atomic E-state index is 0.00250. The summed E-state index contributed by atoms with van der Waals surface area (Å²) in [5.74, 6) is -0.963. The fraction of sp³-hybridized carbons (Fsp3) is 0.767. The Kier molecular flexibility index (Phi) is 5.85. The summed E-state index contributed by atoms with van der Waals surface area (Å²) in [5.41, 5.74) is -0.554. The standard InChI is InChI=1S/C30H40O8/c1-14-10-22(37-27(35)15(14)2)16(3)26-21(32)12-20-18-11-25-30(38-25)24(34)7-6-23(33)28(30,5)19(18)8-9-29(20,26)13-36-17(4)31/h6-7,16,18-22,24-26,32,34H,8-13H2,1-5H3. The number of cyclic esters (lactones) is 1. The quantitative estimate of drug-likeness (QED) is 0.422. The second-order valence-electron chi connectivity index (χ2n) is 13.2. The first-order chi connectivity index (χ1) is 17.9. The SMILES string of the molecule is CC(=O)OCC12CCC3C(CC4OC45C(O)C=CC(=O)C35C)C1CC(O)C2C(C)C1CC(C)=C(C)C(=O)O1. The molecule has 0 amide bonds. The Labute approximate surface area is 223 Å². The molecule has 2 N–H and O–H groups in total. The lowest BCUT2D eigenvalue weighted by Gasteiger charge is -2.58. The van der Waals surface area contributed by atoms with E-state index in [1.165, 1.54) is 13.0 Å². The van der Waals surface area contributed by atoms with Gasteiger partial charge in [0.05, 0.1) is 24.2 Å². The first-order valence-corrected chi connectivity index (χ1v) is 14.2. The van der Waals surface area contributed by atoms with E-state index >= 15 is 0 Å². The first kappa shape index (κ1) is 26.2. The molecule has 6 rings (SSSR count). The van der Waals surface area contributed by atoms with Gasteiger partial charge in [-0.2, -0.15) is 0 Å². The molecule has 4 aliphatic carbocycles. The van der Waals surface area contributed by atoms with Gasteiger partial charge in [0.15, 0.2) is 5.78 Å². The van der Waals surface area contributed by atoms with E-state index in [2.05, 4.69) is 0 Å². The van der Waals surface area contributed by atoms with E-state index < -0.39 is 28.6 Å². The highest BCUT2D eigenvalue weighted by atomic mass is 16.6. The van der Waals surface area contributed by atoms with Crippen LogP contribution in [0.15, 0.2) is 23.3 Å². The van der Waals surface area contributed by atoms with Crippen LogP contribution in [0.25, 0.3) is 0 Å². The van der Waals surface area contributed by atoms with Crippen LogP contribution in [0.2, 0.25) is 0 Å². The van der Waals surface area contributed by atoms with Crippen LogP contribution in [0, 0.1) is 40.4 Å². The highest BCUT2D eigenvalue weighted by Crippen LogP contribution is 2.73. The summed E-state index contributed by atoms with van der Waals surface area (Å²) in [4.78, 5) is 38.1. The lowest BCUT2D eigenvalue weighted by atomic mass is 9.44. The number of esters is 2. The number of rotatable bonds is 4. The van der Waals surface area contributed by atoms with Crippen LogP contribution in [0.5, 0.6) is 0 Å². The fourth-order valence-electron chi connectivity index (χ4n) is 9.85. The predicted octanol–water partition coefficient (Wildman–Crippen LogP) is 2.89. The number of aliphatic hydroxyl groups excluding tert-OH is 2. The topological polar surface area (TPSA) is 123 Å². The minimum atomic E-state index is -0.863. The molecule has 38 heavy (non-hydrogen) atoms. The van der Waals surface area contributed by atoms with Gasteiger partial charge in [-0.05, 0) is 82.3 Å². The largest absolute Gasteiger partial charge is 0.465 e. The molecule has 0 aromatic heterocycles. The maximum Gasteiger partial charge on any atom is 0.333 e. The summed E-state index contributed by atoms with van der Waals surface area (Å²) in [6.07, 6.45) is 4.29. The van der Waals surface area contributed by atoms with Crippen LogP contribution in [-0.2, 0) is 28.6 Å². The highest BCUT2D eigenvalue weighted by molar-refractivity contribution is 5.98. The van der Waals surface area contributed by atoms with Gasteiger partial charge in [0.1, 0.15) is 17.8 Å². The van der Waals surface area contributed by atoms with Crippen molar-refractivity contribution in [1.82, 2.24) is 0 Å². The maximum absolute atomic E-state index is 13.5. The van der Waals surface area contributed by atoms with Crippen molar-refractivity contribution >= 4 is 17.7 Å². The van der Waals surface area contributed by atoms with Crippen molar-refractivity contribution in [3.8, 4) is 0 Å². The molecule has 208 valence electrons. The lowest BCUT2D eigenvalue weighted by molar-refractivity contribution is -0.169. The molecule has 1 spiro atoms. The molecule has 2 aliphatic heterocycles. The molecular formula is C30H40O8. The molecule has 1 saturated heterocycles. The number of hydrogen-bond acceptors (Lipinski definition) is 8. The number of ketones is 1. The zero-order chi connectivity index (χ0) is 27.4. The van der Waals surface area contributed by atoms with Crippen molar-refractivity contribution in [2.45, 2.75) is 96.7 Å². The van der Waals surface area contributed by atoms with Crippen molar-refractivity contribution in [2.75, 3.05) is 6.61 Å². The summed E-state index contributed by atoms with van der Waals surface area (Å²) in [6.45, 7) is 9.35. The summed E-state index contributed by atoms with van der Waals surface area (Å²) < 4.78 is 17.8. The van der Waals surface area contributed by atoms with Crippen LogP contribution in [-0.4, -0.2) is 64.6 Å². The number of allylic oxidation sites excluding steroid dienone is 1. The summed E-state index contributed by atoms with van der Waals surface area (Å²) in [7, 11) is 0. The highest BCUT2D eigenvalue weighted by Gasteiger charge is 2.80. The van der Waals surface area contributed by atoms with Crippen LogP contribution in [0.3, 0.4) is 0 Å². The molecule has 12 atom stereocenters. The Morgan fingerprint density at radius 1 is 1.21 bits per heavy atom. The first-order valence-electron chi connectivity index (χ1n) is 14.2. The van der Waals surface area contributed by atoms with E-state index in [0.29, 0.717) is 37.7 Å². The minimum Gasteiger partial charge on any atom is -0.465 e. The Hall–Kier alpha value is -2.03. The van der Waals surface area contributed by atoms with Crippen LogP contribution in [0.1, 0.15) is 66.7 Å². The molecule has 0 aromatic rings. The van der Waals surface area contributed by atoms with E-state index in [-0.39, 0.29) is 66.1 Å². The zero-order valence-electron chi connectivity index (χ0n) is 22.9. The van der Waals surface area contributed by atoms with Crippen molar-refractivity contribution in [2.24, 2.45) is 40.4 Å². The molecule has 8 heteroatoms. The molecule has 3 saturated carbocycles. The van der Waals surface area contributed by atoms with Gasteiger partial charge in [-0.25, -0.2) is 4.79 Å². The molecule has 0 bridgehead atoms. The van der Waals surface area contributed by atoms with E-state index in [1.807, 2.05) is 20.8 Å². The number of fused-ring (bicyclic) bond motifs is 4. The van der Waals surface area contributed by atoms with Gasteiger partial charge in [-0.15, -0.1) is 0 Å². The molecule has 0 aromatic carbocycles. The average molecular weight is 529 g/mol. The normalized spacial score (nSPS) is 49.9. The molecule has 2 heterocycles. The van der Waals surface area contributed by atoms with Crippen LogP contribution in [0.4, 0.5) is 0 Å². The Morgan fingerprint density at radius 2 is 1.95 bits per heavy atom. The molecule has 6 aliphatic rings. The average Bonchev–Trinajstić information content (AvgIpc) is 3.53. The summed E-state index contributed by atoms with van der Waals surface area (Å²) in [6, 6.07) is 0. The number of epoxide rings is 1. The molecule has 12 unspecified atom stereocenters. The fourth-order valence-corrected chi connectivity index (χ4v) is 9.85. The van der Waals surface area contributed by atoms with Gasteiger partial charge in [-0.3, -0.25) is 9.59 Å². The third-order valence-electron chi connectivity index (χ3n) is 11.9. The number of ether oxygens (including phenoxy) is 3. The van der Waals surface area contributed by atoms with Crippen molar-refractivity contribution in [1.29, 1.82) is 0 Å². The third-order valence-corrected chi connectivity index (χ3v) is 11.9. The van der Waals surface area contributed by atoms with Crippen molar-refractivity contribution in [3.05, 3.63) is 23.3 Å². The molecule has 8 nitrogen and oxygen atoms in total. The van der Waals surface area contributed by atoms with Crippen molar-refractivity contribution in [3.63, 3.8) is 0 Å². The van der Waals surface area contributed by atoms with E-state index in [9.17, 15) is 24.6 Å². The van der Waals surface area contributed by atoms with Gasteiger partial charge >= 0.3 is 11.9 Å². The molecule has 0 radical (unpaired) electrons. The Bertz CT molecular complexity index is 1140. The zero-order valence-corrected chi connectivity index (χ0v) is 22.9.